The van der Waals surface area contributed by atoms with Crippen LogP contribution in [0, 0.1) is 5.92 Å². The molecule has 1 heterocycles. The molecule has 0 radical (unpaired) electrons. The van der Waals surface area contributed by atoms with Gasteiger partial charge in [0.15, 0.2) is 17.3 Å². The summed E-state index contributed by atoms with van der Waals surface area (Å²) < 4.78 is 17.0. The van der Waals surface area contributed by atoms with Crippen molar-refractivity contribution in [3.8, 4) is 11.5 Å². The van der Waals surface area contributed by atoms with Crippen LogP contribution in [0.4, 0.5) is 0 Å². The van der Waals surface area contributed by atoms with Crippen LogP contribution in [0.3, 0.4) is 0 Å². The number of hydrogen-bond acceptors (Lipinski definition) is 6. The molecule has 0 saturated heterocycles. The van der Waals surface area contributed by atoms with Crippen LogP contribution in [0.15, 0.2) is 58.7 Å². The molecule has 0 N–H and O–H groups in total. The normalized spacial score (nSPS) is 19.9. The summed E-state index contributed by atoms with van der Waals surface area (Å²) in [7, 11) is 1.57. The number of methoxy groups -OCH3 is 1. The van der Waals surface area contributed by atoms with Gasteiger partial charge in [-0.1, -0.05) is 29.8 Å². The molecule has 178 valence electrons. The van der Waals surface area contributed by atoms with Crippen LogP contribution < -0.4 is 9.47 Å². The van der Waals surface area contributed by atoms with Gasteiger partial charge in [-0.25, -0.2) is 0 Å². The number of aliphatic imine (C=N–C) groups is 1. The molecule has 0 bridgehead atoms. The number of halogens is 1. The molecule has 1 aliphatic heterocycles. The van der Waals surface area contributed by atoms with Crippen LogP contribution in [-0.2, 0) is 20.9 Å². The van der Waals surface area contributed by atoms with Crippen LogP contribution in [-0.4, -0.2) is 31.2 Å². The Morgan fingerprint density at radius 3 is 2.71 bits per heavy atom. The molecule has 2 aromatic carbocycles. The molecule has 6 nitrogen and oxygen atoms in total. The molecule has 1 unspecified atom stereocenters. The molecule has 0 aromatic heterocycles. The highest BCUT2D eigenvalue weighted by molar-refractivity contribution is 6.30. The summed E-state index contributed by atoms with van der Waals surface area (Å²) in [6.07, 6.45) is 1.95. The molecule has 2 aliphatic rings. The Bertz CT molecular complexity index is 1170. The molecule has 4 rings (SSSR count). The third-order valence-electron chi connectivity index (χ3n) is 6.21. The summed E-state index contributed by atoms with van der Waals surface area (Å²) in [5.41, 5.74) is 3.78. The quantitative estimate of drug-likeness (QED) is 0.476. The Balaban J connectivity index is 1.70. The van der Waals surface area contributed by atoms with E-state index in [2.05, 4.69) is 4.99 Å². The molecular weight excluding hydrogens is 454 g/mol. The number of hydrogen-bond donors (Lipinski definition) is 0. The molecular formula is C27H28ClNO5. The number of ether oxygens (including phenoxy) is 3. The van der Waals surface area contributed by atoms with Gasteiger partial charge >= 0.3 is 5.97 Å². The minimum atomic E-state index is -0.663. The molecule has 0 amide bonds. The molecule has 34 heavy (non-hydrogen) atoms. The average Bonchev–Trinajstić information content (AvgIpc) is 2.82. The molecule has 2 atom stereocenters. The maximum Gasteiger partial charge on any atom is 0.315 e. The minimum Gasteiger partial charge on any atom is -0.493 e. The monoisotopic (exact) mass is 481 g/mol. The number of carbonyl (C=O) groups excluding carboxylic acids is 2. The van der Waals surface area contributed by atoms with Crippen LogP contribution in [0.2, 0.25) is 5.02 Å². The number of nitrogens with zero attached hydrogens (tertiary/aromatic N) is 1. The first-order valence-electron chi connectivity index (χ1n) is 11.5. The number of allylic oxidation sites excluding steroid dienone is 2. The van der Waals surface area contributed by atoms with Gasteiger partial charge in [0.1, 0.15) is 12.5 Å². The summed E-state index contributed by atoms with van der Waals surface area (Å²) in [5.74, 6) is -0.396. The van der Waals surface area contributed by atoms with E-state index >= 15 is 0 Å². The van der Waals surface area contributed by atoms with Gasteiger partial charge in [0.05, 0.1) is 13.7 Å². The van der Waals surface area contributed by atoms with Crippen LogP contribution >= 0.6 is 11.6 Å². The number of esters is 1. The van der Waals surface area contributed by atoms with Crippen LogP contribution in [0.1, 0.15) is 50.2 Å². The van der Waals surface area contributed by atoms with E-state index in [0.29, 0.717) is 40.8 Å². The number of carbonyl (C=O) groups is 2. The van der Waals surface area contributed by atoms with E-state index in [1.807, 2.05) is 49.4 Å². The van der Waals surface area contributed by atoms with Gasteiger partial charge in [-0.15, -0.1) is 0 Å². The van der Waals surface area contributed by atoms with Gasteiger partial charge in [-0.3, -0.25) is 14.6 Å². The highest BCUT2D eigenvalue weighted by Gasteiger charge is 2.43. The average molecular weight is 482 g/mol. The highest BCUT2D eigenvalue weighted by atomic mass is 35.5. The molecule has 0 fully saturated rings. The molecule has 1 aliphatic carbocycles. The summed E-state index contributed by atoms with van der Waals surface area (Å²) in [5, 5.41) is 0.643. The zero-order chi connectivity index (χ0) is 24.2. The van der Waals surface area contributed by atoms with Crippen LogP contribution in [0.25, 0.3) is 0 Å². The van der Waals surface area contributed by atoms with E-state index < -0.39 is 11.8 Å². The Kier molecular flexibility index (Phi) is 7.37. The van der Waals surface area contributed by atoms with E-state index in [4.69, 9.17) is 25.8 Å². The van der Waals surface area contributed by atoms with E-state index in [-0.39, 0.29) is 18.4 Å². The molecule has 0 spiro atoms. The second-order valence-electron chi connectivity index (χ2n) is 8.43. The minimum absolute atomic E-state index is 0.0389. The van der Waals surface area contributed by atoms with Gasteiger partial charge in [0, 0.05) is 34.3 Å². The Morgan fingerprint density at radius 2 is 1.97 bits per heavy atom. The fraction of sp³-hybridized carbons (Fsp3) is 0.370. The zero-order valence-corrected chi connectivity index (χ0v) is 20.4. The van der Waals surface area contributed by atoms with Crippen molar-refractivity contribution in [2.45, 2.75) is 45.6 Å². The lowest BCUT2D eigenvalue weighted by molar-refractivity contribution is -0.146. The van der Waals surface area contributed by atoms with Gasteiger partial charge in [-0.05, 0) is 62.1 Å². The van der Waals surface area contributed by atoms with E-state index in [9.17, 15) is 9.59 Å². The van der Waals surface area contributed by atoms with Gasteiger partial charge < -0.3 is 14.2 Å². The summed E-state index contributed by atoms with van der Waals surface area (Å²) >= 11 is 6.07. The second-order valence-corrected chi connectivity index (χ2v) is 8.86. The topological polar surface area (TPSA) is 74.2 Å². The van der Waals surface area contributed by atoms with Crippen LogP contribution in [0.5, 0.6) is 11.5 Å². The Morgan fingerprint density at radius 1 is 1.15 bits per heavy atom. The summed E-state index contributed by atoms with van der Waals surface area (Å²) in [6.45, 7) is 4.18. The standard InChI is InChI=1S/C27H28ClNO5/c1-4-33-27(31)24-16(2)29-20-9-6-10-21(30)26(20)25(24)18-11-12-22(23(14-18)32-3)34-15-17-7-5-8-19(28)13-17/h5,7-8,11-14,24-25H,4,6,9-10,15H2,1-3H3/t24?,25-/m0/s1. The van der Waals surface area contributed by atoms with E-state index in [1.54, 1.807) is 14.0 Å². The third-order valence-corrected chi connectivity index (χ3v) is 6.44. The predicted molar refractivity (Wildman–Crippen MR) is 131 cm³/mol. The fourth-order valence-electron chi connectivity index (χ4n) is 4.69. The van der Waals surface area contributed by atoms with E-state index in [1.165, 1.54) is 0 Å². The van der Waals surface area contributed by atoms with Crippen molar-refractivity contribution < 1.29 is 23.8 Å². The molecule has 7 heteroatoms. The summed E-state index contributed by atoms with van der Waals surface area (Å²) in [6, 6.07) is 13.0. The number of Topliss-reactive ketones (excluding diaryl/α,β-unsaturated/α-hetero) is 1. The SMILES string of the molecule is CCOC(=O)C1C(C)=NC2=C(C(=O)CCC2)[C@H]1c1ccc(OCc2cccc(Cl)c2)c(OC)c1. The lowest BCUT2D eigenvalue weighted by Gasteiger charge is -2.34. The molecule has 0 saturated carbocycles. The van der Waals surface area contributed by atoms with Gasteiger partial charge in [-0.2, -0.15) is 0 Å². The smallest absolute Gasteiger partial charge is 0.315 e. The zero-order valence-electron chi connectivity index (χ0n) is 19.6. The number of rotatable bonds is 7. The van der Waals surface area contributed by atoms with Gasteiger partial charge in [0.25, 0.3) is 0 Å². The third kappa shape index (κ3) is 4.87. The van der Waals surface area contributed by atoms with Crippen molar-refractivity contribution in [3.05, 3.63) is 69.9 Å². The summed E-state index contributed by atoms with van der Waals surface area (Å²) in [4.78, 5) is 30.6. The van der Waals surface area contributed by atoms with Crippen molar-refractivity contribution in [3.63, 3.8) is 0 Å². The van der Waals surface area contributed by atoms with Crippen molar-refractivity contribution in [2.24, 2.45) is 10.9 Å². The molecule has 2 aromatic rings. The lowest BCUT2D eigenvalue weighted by Crippen LogP contribution is -2.37. The Hall–Kier alpha value is -3.12. The number of benzene rings is 2. The Labute approximate surface area is 204 Å². The van der Waals surface area contributed by atoms with Crippen molar-refractivity contribution >= 4 is 29.1 Å². The van der Waals surface area contributed by atoms with Gasteiger partial charge in [0.2, 0.25) is 0 Å². The highest BCUT2D eigenvalue weighted by Crippen LogP contribution is 2.45. The maximum absolute atomic E-state index is 13.0. The first-order chi connectivity index (χ1) is 16.4. The van der Waals surface area contributed by atoms with Crippen molar-refractivity contribution in [1.29, 1.82) is 0 Å². The number of ketones is 1. The van der Waals surface area contributed by atoms with Crippen molar-refractivity contribution in [1.82, 2.24) is 0 Å². The largest absolute Gasteiger partial charge is 0.493 e. The van der Waals surface area contributed by atoms with Crippen molar-refractivity contribution in [2.75, 3.05) is 13.7 Å². The first-order valence-corrected chi connectivity index (χ1v) is 11.8. The fourth-order valence-corrected chi connectivity index (χ4v) is 4.90. The van der Waals surface area contributed by atoms with E-state index in [0.717, 1.165) is 29.7 Å². The lowest BCUT2D eigenvalue weighted by atomic mass is 9.71. The predicted octanol–water partition coefficient (Wildman–Crippen LogP) is 5.67. The second kappa shape index (κ2) is 10.4. The first kappa shape index (κ1) is 24.0. The maximum atomic E-state index is 13.0.